The molecule has 0 saturated heterocycles. The molecular formula is C14H20N2O4. The van der Waals surface area contributed by atoms with Crippen LogP contribution in [0.15, 0.2) is 18.3 Å². The van der Waals surface area contributed by atoms with Crippen LogP contribution in [0.3, 0.4) is 0 Å². The van der Waals surface area contributed by atoms with Crippen LogP contribution < -0.4 is 4.90 Å². The third kappa shape index (κ3) is 4.53. The quantitative estimate of drug-likeness (QED) is 0.707. The van der Waals surface area contributed by atoms with Gasteiger partial charge in [-0.1, -0.05) is 0 Å². The Balaban J connectivity index is 2.74. The zero-order chi connectivity index (χ0) is 15.0. The molecule has 1 aromatic rings. The lowest BCUT2D eigenvalue weighted by Crippen LogP contribution is -2.25. The third-order valence-corrected chi connectivity index (χ3v) is 2.60. The SMILES string of the molecule is CCOC(=O)CCN(C)c1ncccc1C(=O)OCC. The van der Waals surface area contributed by atoms with E-state index in [9.17, 15) is 9.59 Å². The molecule has 0 N–H and O–H groups in total. The molecule has 1 aromatic heterocycles. The lowest BCUT2D eigenvalue weighted by atomic mass is 10.2. The van der Waals surface area contributed by atoms with Crippen LogP contribution in [0.1, 0.15) is 30.6 Å². The zero-order valence-corrected chi connectivity index (χ0v) is 12.1. The highest BCUT2D eigenvalue weighted by Gasteiger charge is 2.17. The van der Waals surface area contributed by atoms with E-state index in [4.69, 9.17) is 9.47 Å². The van der Waals surface area contributed by atoms with Crippen LogP contribution in [-0.4, -0.2) is 43.7 Å². The van der Waals surface area contributed by atoms with E-state index in [-0.39, 0.29) is 12.4 Å². The fourth-order valence-electron chi connectivity index (χ4n) is 1.67. The van der Waals surface area contributed by atoms with E-state index in [2.05, 4.69) is 4.98 Å². The molecule has 0 unspecified atom stereocenters. The molecular weight excluding hydrogens is 260 g/mol. The molecule has 0 bridgehead atoms. The highest BCUT2D eigenvalue weighted by Crippen LogP contribution is 2.17. The molecule has 0 spiro atoms. The van der Waals surface area contributed by atoms with Crippen molar-refractivity contribution >= 4 is 17.8 Å². The van der Waals surface area contributed by atoms with Gasteiger partial charge in [0.2, 0.25) is 0 Å². The van der Waals surface area contributed by atoms with Crippen LogP contribution >= 0.6 is 0 Å². The first-order valence-electron chi connectivity index (χ1n) is 6.59. The number of nitrogens with zero attached hydrogens (tertiary/aromatic N) is 2. The van der Waals surface area contributed by atoms with Crippen molar-refractivity contribution in [1.82, 2.24) is 4.98 Å². The van der Waals surface area contributed by atoms with Crippen molar-refractivity contribution < 1.29 is 19.1 Å². The van der Waals surface area contributed by atoms with Crippen LogP contribution in [-0.2, 0) is 14.3 Å². The molecule has 0 aliphatic rings. The highest BCUT2D eigenvalue weighted by atomic mass is 16.5. The van der Waals surface area contributed by atoms with Gasteiger partial charge in [-0.3, -0.25) is 4.79 Å². The van der Waals surface area contributed by atoms with Gasteiger partial charge in [0.25, 0.3) is 0 Å². The Bertz CT molecular complexity index is 462. The first-order valence-corrected chi connectivity index (χ1v) is 6.59. The molecule has 0 aliphatic carbocycles. The van der Waals surface area contributed by atoms with Crippen LogP contribution in [0, 0.1) is 0 Å². The van der Waals surface area contributed by atoms with Gasteiger partial charge in [-0.15, -0.1) is 0 Å². The Hall–Kier alpha value is -2.11. The fraction of sp³-hybridized carbons (Fsp3) is 0.500. The number of aromatic nitrogens is 1. The number of anilines is 1. The summed E-state index contributed by atoms with van der Waals surface area (Å²) in [6.07, 6.45) is 1.84. The van der Waals surface area contributed by atoms with Crippen molar-refractivity contribution in [3.63, 3.8) is 0 Å². The van der Waals surface area contributed by atoms with Gasteiger partial charge in [0.1, 0.15) is 11.4 Å². The van der Waals surface area contributed by atoms with Crippen molar-refractivity contribution in [3.05, 3.63) is 23.9 Å². The van der Waals surface area contributed by atoms with Crippen LogP contribution in [0.4, 0.5) is 5.82 Å². The van der Waals surface area contributed by atoms with Crippen molar-refractivity contribution in [2.75, 3.05) is 31.7 Å². The lowest BCUT2D eigenvalue weighted by Gasteiger charge is -2.19. The van der Waals surface area contributed by atoms with Gasteiger partial charge in [0.05, 0.1) is 19.6 Å². The topological polar surface area (TPSA) is 68.7 Å². The Morgan fingerprint density at radius 1 is 1.25 bits per heavy atom. The average molecular weight is 280 g/mol. The number of carbonyl (C=O) groups excluding carboxylic acids is 2. The smallest absolute Gasteiger partial charge is 0.341 e. The Kier molecular flexibility index (Phi) is 6.49. The molecule has 110 valence electrons. The minimum atomic E-state index is -0.418. The maximum Gasteiger partial charge on any atom is 0.341 e. The summed E-state index contributed by atoms with van der Waals surface area (Å²) in [4.78, 5) is 29.1. The molecule has 0 aromatic carbocycles. The van der Waals surface area contributed by atoms with E-state index < -0.39 is 5.97 Å². The average Bonchev–Trinajstić information content (AvgIpc) is 2.45. The van der Waals surface area contributed by atoms with E-state index in [1.807, 2.05) is 0 Å². The summed E-state index contributed by atoms with van der Waals surface area (Å²) >= 11 is 0. The number of rotatable bonds is 7. The molecule has 1 heterocycles. The summed E-state index contributed by atoms with van der Waals surface area (Å²) in [7, 11) is 1.77. The molecule has 6 nitrogen and oxygen atoms in total. The van der Waals surface area contributed by atoms with E-state index in [1.54, 1.807) is 44.1 Å². The minimum absolute atomic E-state index is 0.239. The largest absolute Gasteiger partial charge is 0.466 e. The van der Waals surface area contributed by atoms with E-state index in [0.29, 0.717) is 31.1 Å². The van der Waals surface area contributed by atoms with Gasteiger partial charge in [0, 0.05) is 19.8 Å². The number of esters is 2. The van der Waals surface area contributed by atoms with Crippen LogP contribution in [0.2, 0.25) is 0 Å². The van der Waals surface area contributed by atoms with Crippen LogP contribution in [0.25, 0.3) is 0 Å². The molecule has 0 aliphatic heterocycles. The molecule has 6 heteroatoms. The molecule has 1 rings (SSSR count). The molecule has 0 amide bonds. The Labute approximate surface area is 118 Å². The summed E-state index contributed by atoms with van der Waals surface area (Å²) in [6, 6.07) is 3.33. The molecule has 0 saturated carbocycles. The number of pyridine rings is 1. The number of hydrogen-bond donors (Lipinski definition) is 0. The second kappa shape index (κ2) is 8.14. The second-order valence-corrected chi connectivity index (χ2v) is 4.07. The van der Waals surface area contributed by atoms with Gasteiger partial charge in [-0.2, -0.15) is 0 Å². The standard InChI is InChI=1S/C14H20N2O4/c1-4-19-12(17)8-10-16(3)13-11(7-6-9-15-13)14(18)20-5-2/h6-7,9H,4-5,8,10H2,1-3H3. The number of ether oxygens (including phenoxy) is 2. The predicted octanol–water partition coefficient (Wildman–Crippen LogP) is 1.65. The van der Waals surface area contributed by atoms with Gasteiger partial charge in [0.15, 0.2) is 0 Å². The monoisotopic (exact) mass is 280 g/mol. The van der Waals surface area contributed by atoms with E-state index in [1.165, 1.54) is 0 Å². The maximum atomic E-state index is 11.8. The molecule has 0 radical (unpaired) electrons. The van der Waals surface area contributed by atoms with E-state index in [0.717, 1.165) is 0 Å². The minimum Gasteiger partial charge on any atom is -0.466 e. The van der Waals surface area contributed by atoms with Crippen molar-refractivity contribution in [2.24, 2.45) is 0 Å². The maximum absolute atomic E-state index is 11.8. The highest BCUT2D eigenvalue weighted by molar-refractivity contribution is 5.94. The van der Waals surface area contributed by atoms with Crippen molar-refractivity contribution in [1.29, 1.82) is 0 Å². The fourth-order valence-corrected chi connectivity index (χ4v) is 1.67. The first-order chi connectivity index (χ1) is 9.60. The van der Waals surface area contributed by atoms with Crippen molar-refractivity contribution in [3.8, 4) is 0 Å². The third-order valence-electron chi connectivity index (χ3n) is 2.60. The van der Waals surface area contributed by atoms with Gasteiger partial charge in [-0.25, -0.2) is 9.78 Å². The van der Waals surface area contributed by atoms with Crippen LogP contribution in [0.5, 0.6) is 0 Å². The van der Waals surface area contributed by atoms with Gasteiger partial charge in [-0.05, 0) is 26.0 Å². The summed E-state index contributed by atoms with van der Waals surface area (Å²) in [6.45, 7) is 4.60. The normalized spacial score (nSPS) is 9.95. The second-order valence-electron chi connectivity index (χ2n) is 4.07. The first kappa shape index (κ1) is 15.9. The lowest BCUT2D eigenvalue weighted by molar-refractivity contribution is -0.142. The summed E-state index contributed by atoms with van der Waals surface area (Å²) in [5, 5.41) is 0. The Morgan fingerprint density at radius 2 is 1.95 bits per heavy atom. The number of hydrogen-bond acceptors (Lipinski definition) is 6. The van der Waals surface area contributed by atoms with E-state index >= 15 is 0 Å². The summed E-state index contributed by atoms with van der Waals surface area (Å²) in [5.74, 6) is -0.193. The molecule has 20 heavy (non-hydrogen) atoms. The summed E-state index contributed by atoms with van der Waals surface area (Å²) in [5.41, 5.74) is 0.390. The van der Waals surface area contributed by atoms with Gasteiger partial charge >= 0.3 is 11.9 Å². The Morgan fingerprint density at radius 3 is 2.60 bits per heavy atom. The molecule has 0 fully saturated rings. The van der Waals surface area contributed by atoms with Gasteiger partial charge < -0.3 is 14.4 Å². The number of carbonyl (C=O) groups is 2. The molecule has 0 atom stereocenters. The predicted molar refractivity (Wildman–Crippen MR) is 74.7 cm³/mol. The summed E-state index contributed by atoms with van der Waals surface area (Å²) < 4.78 is 9.85. The zero-order valence-electron chi connectivity index (χ0n) is 12.1. The van der Waals surface area contributed by atoms with Crippen molar-refractivity contribution in [2.45, 2.75) is 20.3 Å².